The van der Waals surface area contributed by atoms with Crippen molar-refractivity contribution in [1.29, 1.82) is 0 Å². The molecule has 0 aliphatic rings. The Morgan fingerprint density at radius 1 is 1.79 bits per heavy atom. The number of hydrogen-bond donors (Lipinski definition) is 1. The fourth-order valence-corrected chi connectivity index (χ4v) is 0.949. The van der Waals surface area contributed by atoms with Crippen LogP contribution in [0.4, 0.5) is 0 Å². The highest BCUT2D eigenvalue weighted by atomic mass is 16.5. The molecule has 0 amide bonds. The highest BCUT2D eigenvalue weighted by Crippen LogP contribution is 2.11. The summed E-state index contributed by atoms with van der Waals surface area (Å²) in [5, 5.41) is 16.8. The van der Waals surface area contributed by atoms with Crippen LogP contribution >= 0.6 is 0 Å². The molecule has 0 aliphatic carbocycles. The van der Waals surface area contributed by atoms with Crippen molar-refractivity contribution in [2.75, 3.05) is 7.11 Å². The van der Waals surface area contributed by atoms with Crippen molar-refractivity contribution < 1.29 is 14.6 Å². The van der Waals surface area contributed by atoms with Crippen LogP contribution in [-0.4, -0.2) is 33.2 Å². The summed E-state index contributed by atoms with van der Waals surface area (Å²) in [6, 6.07) is 0. The Labute approximate surface area is 81.5 Å². The van der Waals surface area contributed by atoms with Gasteiger partial charge in [-0.1, -0.05) is 12.1 Å². The first-order chi connectivity index (χ1) is 6.67. The molecule has 78 valence electrons. The van der Waals surface area contributed by atoms with Crippen molar-refractivity contribution in [3.8, 4) is 0 Å². The summed E-state index contributed by atoms with van der Waals surface area (Å²) >= 11 is 0. The lowest BCUT2D eigenvalue weighted by Gasteiger charge is -2.00. The van der Waals surface area contributed by atoms with Crippen LogP contribution in [-0.2, 0) is 16.1 Å². The van der Waals surface area contributed by atoms with Crippen LogP contribution in [0.3, 0.4) is 0 Å². The molecular weight excluding hydrogens is 186 g/mol. The lowest BCUT2D eigenvalue weighted by atomic mass is 10.2. The minimum atomic E-state index is -0.624. The second-order valence-electron chi connectivity index (χ2n) is 2.84. The zero-order valence-electron chi connectivity index (χ0n) is 8.17. The third-order valence-corrected chi connectivity index (χ3v) is 1.80. The number of aliphatic hydroxyl groups excluding tert-OH is 1. The minimum absolute atomic E-state index is 0.0138. The highest BCUT2D eigenvalue weighted by molar-refractivity contribution is 5.68. The van der Waals surface area contributed by atoms with Crippen LogP contribution in [0.25, 0.3) is 0 Å². The van der Waals surface area contributed by atoms with Crippen LogP contribution in [0.1, 0.15) is 25.1 Å². The van der Waals surface area contributed by atoms with Gasteiger partial charge < -0.3 is 9.84 Å². The summed E-state index contributed by atoms with van der Waals surface area (Å²) in [4.78, 5) is 10.9. The van der Waals surface area contributed by atoms with Gasteiger partial charge in [-0.15, -0.1) is 5.10 Å². The number of carbonyl (C=O) groups excluding carboxylic acids is 1. The molecule has 0 radical (unpaired) electrons. The van der Waals surface area contributed by atoms with Gasteiger partial charge in [-0.05, 0) is 6.42 Å². The normalized spacial score (nSPS) is 12.5. The average molecular weight is 199 g/mol. The molecule has 1 rings (SSSR count). The van der Waals surface area contributed by atoms with E-state index in [0.29, 0.717) is 12.1 Å². The zero-order valence-corrected chi connectivity index (χ0v) is 8.17. The van der Waals surface area contributed by atoms with Crippen LogP contribution in [0, 0.1) is 0 Å². The molecule has 1 aromatic rings. The number of aliphatic hydroxyl groups is 1. The van der Waals surface area contributed by atoms with E-state index >= 15 is 0 Å². The second kappa shape index (κ2) is 4.71. The van der Waals surface area contributed by atoms with Crippen molar-refractivity contribution in [2.24, 2.45) is 0 Å². The number of nitrogens with zero attached hydrogens (tertiary/aromatic N) is 3. The Morgan fingerprint density at radius 3 is 3.07 bits per heavy atom. The fraction of sp³-hybridized carbons (Fsp3) is 0.625. The Kier molecular flexibility index (Phi) is 3.58. The summed E-state index contributed by atoms with van der Waals surface area (Å²) < 4.78 is 5.79. The summed E-state index contributed by atoms with van der Waals surface area (Å²) in [5.74, 6) is -0.396. The standard InChI is InChI=1S/C8H13N3O3/c1-3-7(12)6-4-11(10-9-6)5-8(13)14-2/h4,7,12H,3,5H2,1-2H3. The maximum Gasteiger partial charge on any atom is 0.327 e. The van der Waals surface area contributed by atoms with E-state index in [1.54, 1.807) is 0 Å². The predicted octanol–water partition coefficient (Wildman–Crippen LogP) is -0.106. The van der Waals surface area contributed by atoms with E-state index in [-0.39, 0.29) is 6.54 Å². The Morgan fingerprint density at radius 2 is 2.50 bits per heavy atom. The van der Waals surface area contributed by atoms with Gasteiger partial charge >= 0.3 is 5.97 Å². The smallest absolute Gasteiger partial charge is 0.327 e. The molecule has 0 saturated heterocycles. The van der Waals surface area contributed by atoms with Gasteiger partial charge in [0.15, 0.2) is 0 Å². The van der Waals surface area contributed by atoms with E-state index in [1.165, 1.54) is 18.0 Å². The monoisotopic (exact) mass is 199 g/mol. The van der Waals surface area contributed by atoms with Crippen LogP contribution in [0.5, 0.6) is 0 Å². The van der Waals surface area contributed by atoms with Gasteiger partial charge in [0.05, 0.1) is 19.4 Å². The van der Waals surface area contributed by atoms with Gasteiger partial charge in [0, 0.05) is 0 Å². The molecule has 1 unspecified atom stereocenters. The topological polar surface area (TPSA) is 77.2 Å². The fourth-order valence-electron chi connectivity index (χ4n) is 0.949. The summed E-state index contributed by atoms with van der Waals surface area (Å²) in [5.41, 5.74) is 0.469. The van der Waals surface area contributed by atoms with E-state index < -0.39 is 12.1 Å². The van der Waals surface area contributed by atoms with Crippen molar-refractivity contribution in [3.05, 3.63) is 11.9 Å². The first-order valence-corrected chi connectivity index (χ1v) is 4.32. The molecule has 0 bridgehead atoms. The lowest BCUT2D eigenvalue weighted by Crippen LogP contribution is -2.11. The van der Waals surface area contributed by atoms with E-state index in [1.807, 2.05) is 6.92 Å². The number of methoxy groups -OCH3 is 1. The van der Waals surface area contributed by atoms with Crippen molar-refractivity contribution in [2.45, 2.75) is 26.0 Å². The van der Waals surface area contributed by atoms with Gasteiger partial charge in [0.1, 0.15) is 12.2 Å². The van der Waals surface area contributed by atoms with E-state index in [4.69, 9.17) is 0 Å². The summed E-state index contributed by atoms with van der Waals surface area (Å²) in [6.45, 7) is 1.85. The van der Waals surface area contributed by atoms with E-state index in [9.17, 15) is 9.90 Å². The van der Waals surface area contributed by atoms with Crippen molar-refractivity contribution >= 4 is 5.97 Å². The third kappa shape index (κ3) is 2.53. The van der Waals surface area contributed by atoms with Gasteiger partial charge in [-0.2, -0.15) is 0 Å². The third-order valence-electron chi connectivity index (χ3n) is 1.80. The summed E-state index contributed by atoms with van der Waals surface area (Å²) in [6.07, 6.45) is 1.48. The first kappa shape index (κ1) is 10.6. The Bertz CT molecular complexity index is 311. The molecule has 0 spiro atoms. The first-order valence-electron chi connectivity index (χ1n) is 4.32. The minimum Gasteiger partial charge on any atom is -0.468 e. The van der Waals surface area contributed by atoms with Gasteiger partial charge in [0.25, 0.3) is 0 Å². The molecule has 14 heavy (non-hydrogen) atoms. The van der Waals surface area contributed by atoms with Gasteiger partial charge in [-0.25, -0.2) is 4.68 Å². The molecule has 1 aromatic heterocycles. The molecule has 1 atom stereocenters. The second-order valence-corrected chi connectivity index (χ2v) is 2.84. The molecule has 6 heteroatoms. The van der Waals surface area contributed by atoms with Gasteiger partial charge in [-0.3, -0.25) is 4.79 Å². The average Bonchev–Trinajstić information content (AvgIpc) is 2.65. The molecule has 0 fully saturated rings. The van der Waals surface area contributed by atoms with Crippen molar-refractivity contribution in [1.82, 2.24) is 15.0 Å². The molecule has 6 nitrogen and oxygen atoms in total. The SMILES string of the molecule is CCC(O)c1cn(CC(=O)OC)nn1. The number of hydrogen-bond acceptors (Lipinski definition) is 5. The quantitative estimate of drug-likeness (QED) is 0.685. The number of ether oxygens (including phenoxy) is 1. The Balaban J connectivity index is 2.63. The van der Waals surface area contributed by atoms with Crippen LogP contribution < -0.4 is 0 Å². The van der Waals surface area contributed by atoms with Crippen LogP contribution in [0.15, 0.2) is 6.20 Å². The van der Waals surface area contributed by atoms with Crippen LogP contribution in [0.2, 0.25) is 0 Å². The molecule has 1 heterocycles. The Hall–Kier alpha value is -1.43. The van der Waals surface area contributed by atoms with E-state index in [2.05, 4.69) is 15.0 Å². The number of aromatic nitrogens is 3. The maximum absolute atomic E-state index is 10.9. The van der Waals surface area contributed by atoms with E-state index in [0.717, 1.165) is 0 Å². The highest BCUT2D eigenvalue weighted by Gasteiger charge is 2.11. The zero-order chi connectivity index (χ0) is 10.6. The van der Waals surface area contributed by atoms with Crippen molar-refractivity contribution in [3.63, 3.8) is 0 Å². The number of carbonyl (C=O) groups is 1. The summed E-state index contributed by atoms with van der Waals surface area (Å²) in [7, 11) is 1.31. The van der Waals surface area contributed by atoms with Gasteiger partial charge in [0.2, 0.25) is 0 Å². The maximum atomic E-state index is 10.9. The largest absolute Gasteiger partial charge is 0.468 e. The molecular formula is C8H13N3O3. The molecule has 0 aromatic carbocycles. The number of esters is 1. The predicted molar refractivity (Wildman–Crippen MR) is 47.3 cm³/mol. The molecule has 0 saturated carbocycles. The number of rotatable bonds is 4. The lowest BCUT2D eigenvalue weighted by molar-refractivity contribution is -0.141. The molecule has 1 N–H and O–H groups in total. The molecule has 0 aliphatic heterocycles.